The normalized spacial score (nSPS) is 11.8. The van der Waals surface area contributed by atoms with E-state index in [1.54, 1.807) is 6.07 Å². The van der Waals surface area contributed by atoms with Gasteiger partial charge < -0.3 is 10.2 Å². The van der Waals surface area contributed by atoms with Crippen LogP contribution in [0.3, 0.4) is 0 Å². The molecule has 0 radical (unpaired) electrons. The van der Waals surface area contributed by atoms with Gasteiger partial charge in [-0.05, 0) is 31.9 Å². The number of aliphatic hydroxyl groups is 1. The Hall–Kier alpha value is -1.28. The fourth-order valence-electron chi connectivity index (χ4n) is 1.23. The molecule has 0 fully saturated rings. The third-order valence-electron chi connectivity index (χ3n) is 2.15. The predicted octanol–water partition coefficient (Wildman–Crippen LogP) is 2.18. The summed E-state index contributed by atoms with van der Waals surface area (Å²) in [6, 6.07) is 5.53. The molecular formula is C12H16O2. The zero-order valence-corrected chi connectivity index (χ0v) is 8.62. The highest BCUT2D eigenvalue weighted by Gasteiger charge is 1.99. The topological polar surface area (TPSA) is 40.5 Å². The van der Waals surface area contributed by atoms with E-state index >= 15 is 0 Å². The molecule has 0 bridgehead atoms. The molecular weight excluding hydrogens is 176 g/mol. The Bertz CT molecular complexity index is 340. The average Bonchev–Trinajstić information content (AvgIpc) is 2.19. The Labute approximate surface area is 84.5 Å². The summed E-state index contributed by atoms with van der Waals surface area (Å²) in [5.74, 6) is 0.317. The van der Waals surface area contributed by atoms with Crippen LogP contribution in [-0.4, -0.2) is 16.8 Å². The summed E-state index contributed by atoms with van der Waals surface area (Å²) in [6.07, 6.45) is 2.59. The van der Waals surface area contributed by atoms with E-state index in [0.717, 1.165) is 16.7 Å². The van der Waals surface area contributed by atoms with Gasteiger partial charge in [-0.2, -0.15) is 0 Å². The van der Waals surface area contributed by atoms with Crippen molar-refractivity contribution in [3.8, 4) is 5.75 Å². The van der Waals surface area contributed by atoms with Crippen molar-refractivity contribution >= 4 is 0 Å². The molecule has 0 unspecified atom stereocenters. The lowest BCUT2D eigenvalue weighted by Gasteiger charge is -2.03. The van der Waals surface area contributed by atoms with Gasteiger partial charge in [0, 0.05) is 0 Å². The Balaban J connectivity index is 2.81. The lowest BCUT2D eigenvalue weighted by atomic mass is 10.1. The Morgan fingerprint density at radius 3 is 2.79 bits per heavy atom. The molecule has 0 spiro atoms. The van der Waals surface area contributed by atoms with Gasteiger partial charge in [0.2, 0.25) is 0 Å². The molecule has 76 valence electrons. The number of rotatable bonds is 3. The van der Waals surface area contributed by atoms with Crippen LogP contribution in [0.5, 0.6) is 5.75 Å². The zero-order chi connectivity index (χ0) is 10.6. The van der Waals surface area contributed by atoms with Crippen LogP contribution in [0.1, 0.15) is 18.1 Å². The van der Waals surface area contributed by atoms with Crippen molar-refractivity contribution < 1.29 is 10.2 Å². The molecule has 14 heavy (non-hydrogen) atoms. The van der Waals surface area contributed by atoms with Crippen molar-refractivity contribution in [2.24, 2.45) is 0 Å². The first-order valence-electron chi connectivity index (χ1n) is 4.68. The van der Waals surface area contributed by atoms with Gasteiger partial charge in [0.1, 0.15) is 5.75 Å². The maximum Gasteiger partial charge on any atom is 0.119 e. The molecule has 2 heteroatoms. The van der Waals surface area contributed by atoms with Gasteiger partial charge in [-0.25, -0.2) is 0 Å². The second-order valence-corrected chi connectivity index (χ2v) is 3.54. The quantitative estimate of drug-likeness (QED) is 0.721. The maximum absolute atomic E-state index is 9.53. The molecule has 0 saturated heterocycles. The van der Waals surface area contributed by atoms with E-state index in [1.807, 2.05) is 32.1 Å². The number of aromatic hydroxyl groups is 1. The SMILES string of the molecule is CC(=CCc1cc(C)ccc1O)CO. The minimum absolute atomic E-state index is 0.0760. The summed E-state index contributed by atoms with van der Waals surface area (Å²) in [4.78, 5) is 0. The van der Waals surface area contributed by atoms with Crippen LogP contribution in [-0.2, 0) is 6.42 Å². The third kappa shape index (κ3) is 2.89. The molecule has 1 aromatic carbocycles. The Kier molecular flexibility index (Phi) is 3.72. The monoisotopic (exact) mass is 192 g/mol. The molecule has 0 amide bonds. The smallest absolute Gasteiger partial charge is 0.119 e. The van der Waals surface area contributed by atoms with E-state index in [-0.39, 0.29) is 6.61 Å². The second-order valence-electron chi connectivity index (χ2n) is 3.54. The third-order valence-corrected chi connectivity index (χ3v) is 2.15. The largest absolute Gasteiger partial charge is 0.508 e. The highest BCUT2D eigenvalue weighted by molar-refractivity contribution is 5.37. The molecule has 2 nitrogen and oxygen atoms in total. The van der Waals surface area contributed by atoms with Crippen LogP contribution in [0.2, 0.25) is 0 Å². The van der Waals surface area contributed by atoms with Crippen molar-refractivity contribution in [1.82, 2.24) is 0 Å². The van der Waals surface area contributed by atoms with Crippen LogP contribution in [0.25, 0.3) is 0 Å². The number of phenols is 1. The molecule has 0 aromatic heterocycles. The molecule has 0 atom stereocenters. The first kappa shape index (κ1) is 10.8. The van der Waals surface area contributed by atoms with E-state index in [1.165, 1.54) is 0 Å². The van der Waals surface area contributed by atoms with Crippen LogP contribution in [0, 0.1) is 6.92 Å². The number of aryl methyl sites for hydroxylation is 1. The number of allylic oxidation sites excluding steroid dienone is 1. The van der Waals surface area contributed by atoms with E-state index in [2.05, 4.69) is 0 Å². The van der Waals surface area contributed by atoms with Gasteiger partial charge in [0.25, 0.3) is 0 Å². The van der Waals surface area contributed by atoms with Crippen molar-refractivity contribution in [2.45, 2.75) is 20.3 Å². The fraction of sp³-hybridized carbons (Fsp3) is 0.333. The van der Waals surface area contributed by atoms with Crippen LogP contribution in [0.15, 0.2) is 29.8 Å². The molecule has 0 heterocycles. The zero-order valence-electron chi connectivity index (χ0n) is 8.62. The van der Waals surface area contributed by atoms with Gasteiger partial charge in [-0.3, -0.25) is 0 Å². The minimum Gasteiger partial charge on any atom is -0.508 e. The minimum atomic E-state index is 0.0760. The lowest BCUT2D eigenvalue weighted by molar-refractivity contribution is 0.331. The molecule has 0 aliphatic rings. The summed E-state index contributed by atoms with van der Waals surface area (Å²) >= 11 is 0. The van der Waals surface area contributed by atoms with Gasteiger partial charge in [-0.1, -0.05) is 29.3 Å². The standard InChI is InChI=1S/C12H16O2/c1-9-4-6-12(14)11(7-9)5-3-10(2)8-13/h3-4,6-7,13-14H,5,8H2,1-2H3. The lowest BCUT2D eigenvalue weighted by Crippen LogP contribution is -1.88. The van der Waals surface area contributed by atoms with Gasteiger partial charge in [-0.15, -0.1) is 0 Å². The molecule has 0 aliphatic carbocycles. The molecule has 0 aliphatic heterocycles. The molecule has 2 N–H and O–H groups in total. The second kappa shape index (κ2) is 4.82. The van der Waals surface area contributed by atoms with Crippen molar-refractivity contribution in [3.05, 3.63) is 41.0 Å². The summed E-state index contributed by atoms with van der Waals surface area (Å²) in [7, 11) is 0. The van der Waals surface area contributed by atoms with Crippen LogP contribution < -0.4 is 0 Å². The fourth-order valence-corrected chi connectivity index (χ4v) is 1.23. The number of hydrogen-bond acceptors (Lipinski definition) is 2. The predicted molar refractivity (Wildman–Crippen MR) is 57.4 cm³/mol. The molecule has 1 aromatic rings. The summed E-state index contributed by atoms with van der Waals surface area (Å²) in [5, 5.41) is 18.3. The first-order chi connectivity index (χ1) is 6.63. The van der Waals surface area contributed by atoms with E-state index in [0.29, 0.717) is 12.2 Å². The number of aliphatic hydroxyl groups excluding tert-OH is 1. The number of benzene rings is 1. The highest BCUT2D eigenvalue weighted by atomic mass is 16.3. The van der Waals surface area contributed by atoms with Gasteiger partial charge >= 0.3 is 0 Å². The average molecular weight is 192 g/mol. The van der Waals surface area contributed by atoms with E-state index in [4.69, 9.17) is 5.11 Å². The number of hydrogen-bond donors (Lipinski definition) is 2. The van der Waals surface area contributed by atoms with E-state index < -0.39 is 0 Å². The van der Waals surface area contributed by atoms with Gasteiger partial charge in [0.05, 0.1) is 6.61 Å². The molecule has 1 rings (SSSR count). The van der Waals surface area contributed by atoms with E-state index in [9.17, 15) is 5.11 Å². The summed E-state index contributed by atoms with van der Waals surface area (Å²) in [6.45, 7) is 3.94. The van der Waals surface area contributed by atoms with Crippen molar-refractivity contribution in [3.63, 3.8) is 0 Å². The maximum atomic E-state index is 9.53. The summed E-state index contributed by atoms with van der Waals surface area (Å²) in [5.41, 5.74) is 2.96. The van der Waals surface area contributed by atoms with Crippen molar-refractivity contribution in [1.29, 1.82) is 0 Å². The van der Waals surface area contributed by atoms with Crippen LogP contribution >= 0.6 is 0 Å². The molecule has 0 saturated carbocycles. The highest BCUT2D eigenvalue weighted by Crippen LogP contribution is 2.19. The summed E-state index contributed by atoms with van der Waals surface area (Å²) < 4.78 is 0. The Morgan fingerprint density at radius 2 is 2.14 bits per heavy atom. The van der Waals surface area contributed by atoms with Gasteiger partial charge in [0.15, 0.2) is 0 Å². The van der Waals surface area contributed by atoms with Crippen LogP contribution in [0.4, 0.5) is 0 Å². The number of phenolic OH excluding ortho intramolecular Hbond substituents is 1. The van der Waals surface area contributed by atoms with Crippen molar-refractivity contribution in [2.75, 3.05) is 6.61 Å². The Morgan fingerprint density at radius 1 is 1.43 bits per heavy atom. The first-order valence-corrected chi connectivity index (χ1v) is 4.68.